The van der Waals surface area contributed by atoms with Crippen molar-refractivity contribution in [3.8, 4) is 0 Å². The molecule has 0 aromatic rings. The Morgan fingerprint density at radius 2 is 1.85 bits per heavy atom. The van der Waals surface area contributed by atoms with Crippen molar-refractivity contribution in [1.82, 2.24) is 4.90 Å². The zero-order valence-electron chi connectivity index (χ0n) is 21.2. The van der Waals surface area contributed by atoms with Crippen LogP contribution in [0, 0.1) is 40.9 Å². The minimum Gasteiger partial charge on any atom is -0.453 e. The number of nitrogens with zero attached hydrogens (tertiary/aromatic N) is 1. The highest BCUT2D eigenvalue weighted by Gasteiger charge is 2.83. The van der Waals surface area contributed by atoms with Crippen LogP contribution in [0.4, 0.5) is 4.79 Å². The molecule has 192 valence electrons. The third-order valence-corrected chi connectivity index (χ3v) is 11.1. The minimum absolute atomic E-state index is 0.0261. The van der Waals surface area contributed by atoms with Crippen LogP contribution in [-0.4, -0.2) is 89.3 Å². The van der Waals surface area contributed by atoms with Crippen molar-refractivity contribution in [3.63, 3.8) is 0 Å². The SMILES string of the molecule is CCO[C@]12C[C@H](OC)[C@H]3CC([C@H]1[C@H]3OCOC)C13C(OC)CCC4CN(C(=O)OC)C1[C@@H]2C[C@H]43. The molecule has 5 saturated carbocycles. The highest BCUT2D eigenvalue weighted by atomic mass is 16.7. The summed E-state index contributed by atoms with van der Waals surface area (Å²) in [7, 11) is 6.89. The molecule has 5 aliphatic carbocycles. The van der Waals surface area contributed by atoms with E-state index < -0.39 is 5.60 Å². The van der Waals surface area contributed by atoms with Gasteiger partial charge in [-0.2, -0.15) is 0 Å². The number of carbonyl (C=O) groups is 1. The molecule has 6 fully saturated rings. The normalized spacial score (nSPS) is 52.1. The summed E-state index contributed by atoms with van der Waals surface area (Å²) in [5.41, 5.74) is -0.482. The van der Waals surface area contributed by atoms with Gasteiger partial charge in [-0.3, -0.25) is 0 Å². The molecule has 0 aromatic carbocycles. The van der Waals surface area contributed by atoms with E-state index in [1.165, 1.54) is 7.11 Å². The standard InChI is InChI=1S/C26H41NO7/c1-6-34-25-11-19(30-3)15-9-17(21(25)22(15)33-13-29-2)26-16-10-18(25)23(26)27(24(28)32-5)12-14(16)7-8-20(26)31-4/h14-23H,6-13H2,1-5H3/t14?,15-,16-,17?,18+,19+,20?,21+,22+,23?,25+,26?/m1/s1. The molecule has 5 unspecified atom stereocenters. The molecule has 1 aliphatic heterocycles. The van der Waals surface area contributed by atoms with Crippen molar-refractivity contribution in [2.75, 3.05) is 48.4 Å². The quantitative estimate of drug-likeness (QED) is 0.520. The lowest BCUT2D eigenvalue weighted by molar-refractivity contribution is -0.278. The number of hydrogen-bond acceptors (Lipinski definition) is 7. The molecule has 7 bridgehead atoms. The van der Waals surface area contributed by atoms with E-state index in [0.717, 1.165) is 38.6 Å². The van der Waals surface area contributed by atoms with Gasteiger partial charge in [0.1, 0.15) is 6.79 Å². The second-order valence-corrected chi connectivity index (χ2v) is 11.5. The highest BCUT2D eigenvalue weighted by Crippen LogP contribution is 2.78. The Morgan fingerprint density at radius 1 is 1.03 bits per heavy atom. The van der Waals surface area contributed by atoms with Crippen LogP contribution in [0.25, 0.3) is 0 Å². The first kappa shape index (κ1) is 23.5. The van der Waals surface area contributed by atoms with E-state index in [2.05, 4.69) is 11.8 Å². The maximum Gasteiger partial charge on any atom is 0.409 e. The first-order chi connectivity index (χ1) is 16.5. The summed E-state index contributed by atoms with van der Waals surface area (Å²) in [6, 6.07) is 0.0664. The summed E-state index contributed by atoms with van der Waals surface area (Å²) in [5, 5.41) is 0. The Balaban J connectivity index is 1.56. The van der Waals surface area contributed by atoms with Crippen molar-refractivity contribution < 1.29 is 33.2 Å². The van der Waals surface area contributed by atoms with Crippen molar-refractivity contribution >= 4 is 6.09 Å². The average molecular weight is 480 g/mol. The number of piperidine rings is 1. The number of carbonyl (C=O) groups excluding carboxylic acids is 1. The van der Waals surface area contributed by atoms with E-state index in [4.69, 9.17) is 28.4 Å². The molecule has 34 heavy (non-hydrogen) atoms. The summed E-state index contributed by atoms with van der Waals surface area (Å²) in [6.45, 7) is 3.80. The van der Waals surface area contributed by atoms with Crippen LogP contribution in [0.2, 0.25) is 0 Å². The van der Waals surface area contributed by atoms with E-state index >= 15 is 0 Å². The monoisotopic (exact) mass is 479 g/mol. The number of methoxy groups -OCH3 is 4. The Kier molecular flexibility index (Phi) is 5.73. The maximum atomic E-state index is 13.3. The van der Waals surface area contributed by atoms with Gasteiger partial charge < -0.3 is 33.3 Å². The predicted octanol–water partition coefficient (Wildman–Crippen LogP) is 2.93. The van der Waals surface area contributed by atoms with Gasteiger partial charge >= 0.3 is 6.09 Å². The van der Waals surface area contributed by atoms with Gasteiger partial charge in [-0.05, 0) is 50.4 Å². The number of likely N-dealkylation sites (tertiary alicyclic amines) is 1. The summed E-state index contributed by atoms with van der Waals surface area (Å²) in [6.07, 6.45) is 5.14. The zero-order chi connectivity index (χ0) is 23.8. The number of rotatable bonds is 7. The predicted molar refractivity (Wildman–Crippen MR) is 122 cm³/mol. The van der Waals surface area contributed by atoms with Gasteiger partial charge in [0.05, 0.1) is 31.0 Å². The Labute approximate surface area is 202 Å². The van der Waals surface area contributed by atoms with Crippen LogP contribution in [0.1, 0.15) is 39.0 Å². The molecule has 1 heterocycles. The fourth-order valence-electron chi connectivity index (χ4n) is 10.6. The van der Waals surface area contributed by atoms with Crippen molar-refractivity contribution in [1.29, 1.82) is 0 Å². The topological polar surface area (TPSA) is 75.7 Å². The molecule has 6 aliphatic rings. The molecule has 1 spiro atoms. The summed E-state index contributed by atoms with van der Waals surface area (Å²) in [5.74, 6) is 2.13. The van der Waals surface area contributed by atoms with Gasteiger partial charge in [0, 0.05) is 70.1 Å². The zero-order valence-corrected chi connectivity index (χ0v) is 21.2. The lowest BCUT2D eigenvalue weighted by Gasteiger charge is -2.67. The Hall–Kier alpha value is -0.930. The van der Waals surface area contributed by atoms with Crippen molar-refractivity contribution in [2.45, 2.75) is 69.0 Å². The number of hydrogen-bond donors (Lipinski definition) is 0. The first-order valence-electron chi connectivity index (χ1n) is 13.2. The Bertz CT molecular complexity index is 810. The molecule has 0 N–H and O–H groups in total. The minimum atomic E-state index is -0.391. The van der Waals surface area contributed by atoms with E-state index in [9.17, 15) is 4.79 Å². The molecule has 12 atom stereocenters. The number of amides is 1. The van der Waals surface area contributed by atoms with Gasteiger partial charge in [-0.15, -0.1) is 0 Å². The molecule has 0 radical (unpaired) electrons. The van der Waals surface area contributed by atoms with E-state index in [1.54, 1.807) is 7.11 Å². The first-order valence-corrected chi connectivity index (χ1v) is 13.2. The number of ether oxygens (including phenoxy) is 6. The molecule has 8 nitrogen and oxygen atoms in total. The molecular formula is C26H41NO7. The third kappa shape index (κ3) is 2.64. The molecular weight excluding hydrogens is 438 g/mol. The van der Waals surface area contributed by atoms with E-state index in [-0.39, 0.29) is 54.5 Å². The molecule has 0 aromatic heterocycles. The third-order valence-electron chi connectivity index (χ3n) is 11.1. The van der Waals surface area contributed by atoms with Crippen molar-refractivity contribution in [2.24, 2.45) is 40.9 Å². The number of fused-ring (bicyclic) bond motifs is 2. The van der Waals surface area contributed by atoms with Crippen LogP contribution in [0.3, 0.4) is 0 Å². The fraction of sp³-hybridized carbons (Fsp3) is 0.962. The molecule has 1 amide bonds. The molecule has 8 heteroatoms. The largest absolute Gasteiger partial charge is 0.453 e. The Morgan fingerprint density at radius 3 is 2.53 bits per heavy atom. The van der Waals surface area contributed by atoms with Gasteiger partial charge in [0.2, 0.25) is 0 Å². The average Bonchev–Trinajstić information content (AvgIpc) is 3.27. The summed E-state index contributed by atoms with van der Waals surface area (Å²) in [4.78, 5) is 15.3. The fourth-order valence-corrected chi connectivity index (χ4v) is 10.6. The smallest absolute Gasteiger partial charge is 0.409 e. The second-order valence-electron chi connectivity index (χ2n) is 11.5. The summed E-state index contributed by atoms with van der Waals surface area (Å²) < 4.78 is 36.6. The van der Waals surface area contributed by atoms with E-state index in [1.807, 2.05) is 14.2 Å². The summed E-state index contributed by atoms with van der Waals surface area (Å²) >= 11 is 0. The maximum absolute atomic E-state index is 13.3. The molecule has 6 rings (SSSR count). The lowest BCUT2D eigenvalue weighted by atomic mass is 9.46. The van der Waals surface area contributed by atoms with Crippen LogP contribution in [0.15, 0.2) is 0 Å². The van der Waals surface area contributed by atoms with Crippen LogP contribution in [0.5, 0.6) is 0 Å². The molecule has 1 saturated heterocycles. The van der Waals surface area contributed by atoms with Gasteiger partial charge in [-0.1, -0.05) is 0 Å². The van der Waals surface area contributed by atoms with Gasteiger partial charge in [0.25, 0.3) is 0 Å². The van der Waals surface area contributed by atoms with Crippen molar-refractivity contribution in [3.05, 3.63) is 0 Å². The lowest BCUT2D eigenvalue weighted by Crippen LogP contribution is -2.75. The van der Waals surface area contributed by atoms with Crippen LogP contribution in [-0.2, 0) is 28.4 Å². The van der Waals surface area contributed by atoms with Crippen LogP contribution < -0.4 is 0 Å². The van der Waals surface area contributed by atoms with Gasteiger partial charge in [-0.25, -0.2) is 4.79 Å². The van der Waals surface area contributed by atoms with Crippen LogP contribution >= 0.6 is 0 Å². The highest BCUT2D eigenvalue weighted by molar-refractivity contribution is 5.69. The van der Waals surface area contributed by atoms with E-state index in [0.29, 0.717) is 30.3 Å². The van der Waals surface area contributed by atoms with Gasteiger partial charge in [0.15, 0.2) is 0 Å². The second kappa shape index (κ2) is 8.30.